The molecule has 0 unspecified atom stereocenters. The summed E-state index contributed by atoms with van der Waals surface area (Å²) in [6.07, 6.45) is 0. The average molecular weight is 393 g/mol. The molecule has 4 aromatic rings. The molecule has 0 aliphatic carbocycles. The third kappa shape index (κ3) is 3.18. The lowest BCUT2D eigenvalue weighted by atomic mass is 10.0. The molecule has 0 bridgehead atoms. The van der Waals surface area contributed by atoms with Crippen molar-refractivity contribution in [3.8, 4) is 11.1 Å². The number of fused-ring (bicyclic) bond motifs is 1. The fourth-order valence-electron chi connectivity index (χ4n) is 2.95. The van der Waals surface area contributed by atoms with Gasteiger partial charge in [-0.1, -0.05) is 42.5 Å². The molecule has 0 fully saturated rings. The van der Waals surface area contributed by atoms with Gasteiger partial charge in [-0.05, 0) is 30.3 Å². The Morgan fingerprint density at radius 2 is 1.46 bits per heavy atom. The summed E-state index contributed by atoms with van der Waals surface area (Å²) in [6, 6.07) is 18.3. The van der Waals surface area contributed by atoms with Gasteiger partial charge in [0.1, 0.15) is 16.6 Å². The van der Waals surface area contributed by atoms with E-state index in [1.54, 1.807) is 36.4 Å². The van der Waals surface area contributed by atoms with Gasteiger partial charge in [0.05, 0.1) is 11.1 Å². The zero-order chi connectivity index (χ0) is 19.7. The molecule has 1 aromatic heterocycles. The molecular formula is C22H13F2NO2S. The number of carbonyl (C=O) groups excluding carboxylic acids is 1. The third-order valence-electron chi connectivity index (χ3n) is 4.29. The number of halogens is 2. The van der Waals surface area contributed by atoms with E-state index in [1.165, 1.54) is 36.4 Å². The minimum Gasteiger partial charge on any atom is -0.313 e. The molecule has 0 radical (unpaired) electrons. The second-order valence-electron chi connectivity index (χ2n) is 6.05. The molecule has 3 aromatic carbocycles. The average Bonchev–Trinajstić information content (AvgIpc) is 2.69. The molecular weight excluding hydrogens is 380 g/mol. The second-order valence-corrected chi connectivity index (χ2v) is 7.10. The lowest BCUT2D eigenvalue weighted by Crippen LogP contribution is -2.17. The van der Waals surface area contributed by atoms with Crippen LogP contribution in [0.2, 0.25) is 0 Å². The van der Waals surface area contributed by atoms with Gasteiger partial charge in [0.15, 0.2) is 5.43 Å². The van der Waals surface area contributed by atoms with Crippen molar-refractivity contribution >= 4 is 32.3 Å². The Morgan fingerprint density at radius 3 is 2.21 bits per heavy atom. The Labute approximate surface area is 162 Å². The van der Waals surface area contributed by atoms with Gasteiger partial charge in [-0.15, -0.1) is 11.3 Å². The summed E-state index contributed by atoms with van der Waals surface area (Å²) in [5.74, 6) is -1.97. The van der Waals surface area contributed by atoms with Crippen LogP contribution in [0, 0.1) is 11.6 Å². The van der Waals surface area contributed by atoms with Gasteiger partial charge in [-0.25, -0.2) is 8.78 Å². The van der Waals surface area contributed by atoms with Crippen molar-refractivity contribution in [3.63, 3.8) is 0 Å². The van der Waals surface area contributed by atoms with Gasteiger partial charge in [-0.2, -0.15) is 0 Å². The number of nitrogens with one attached hydrogen (secondary N) is 1. The summed E-state index contributed by atoms with van der Waals surface area (Å²) >= 11 is 1.14. The van der Waals surface area contributed by atoms with Crippen LogP contribution in [-0.4, -0.2) is 5.91 Å². The maximum Gasteiger partial charge on any atom is 0.259 e. The van der Waals surface area contributed by atoms with E-state index in [9.17, 15) is 18.4 Å². The molecule has 4 rings (SSSR count). The van der Waals surface area contributed by atoms with E-state index in [-0.39, 0.29) is 21.7 Å². The zero-order valence-electron chi connectivity index (χ0n) is 14.4. The highest BCUT2D eigenvalue weighted by Gasteiger charge is 2.20. The maximum absolute atomic E-state index is 14.5. The van der Waals surface area contributed by atoms with Crippen LogP contribution in [0.15, 0.2) is 77.6 Å². The number of carbonyl (C=O) groups is 1. The summed E-state index contributed by atoms with van der Waals surface area (Å²) in [6.45, 7) is 0. The molecule has 1 N–H and O–H groups in total. The number of hydrogen-bond donors (Lipinski definition) is 1. The molecule has 6 heteroatoms. The first-order valence-corrected chi connectivity index (χ1v) is 9.24. The van der Waals surface area contributed by atoms with Crippen molar-refractivity contribution < 1.29 is 13.6 Å². The van der Waals surface area contributed by atoms with Gasteiger partial charge in [0.25, 0.3) is 5.91 Å². The zero-order valence-corrected chi connectivity index (χ0v) is 15.2. The number of amides is 1. The van der Waals surface area contributed by atoms with Crippen LogP contribution in [0.4, 0.5) is 13.8 Å². The molecule has 1 amide bonds. The first kappa shape index (κ1) is 18.0. The van der Waals surface area contributed by atoms with Crippen molar-refractivity contribution in [1.82, 2.24) is 0 Å². The molecule has 3 nitrogen and oxygen atoms in total. The predicted molar refractivity (Wildman–Crippen MR) is 108 cm³/mol. The van der Waals surface area contributed by atoms with Gasteiger partial charge in [0, 0.05) is 15.6 Å². The van der Waals surface area contributed by atoms with Gasteiger partial charge in [-0.3, -0.25) is 9.59 Å². The lowest BCUT2D eigenvalue weighted by Gasteiger charge is -2.12. The Morgan fingerprint density at radius 1 is 0.821 bits per heavy atom. The standard InChI is InChI=1S/C22H13F2NO2S/c23-16-10-4-1-7-13(16)19-20(26)15-9-3-6-12-18(15)28-22(19)25-21(27)14-8-2-5-11-17(14)24/h1-12H,(H,25,27). The normalized spacial score (nSPS) is 10.8. The van der Waals surface area contributed by atoms with E-state index in [0.29, 0.717) is 10.1 Å². The van der Waals surface area contributed by atoms with Gasteiger partial charge in [0.2, 0.25) is 0 Å². The maximum atomic E-state index is 14.5. The van der Waals surface area contributed by atoms with Crippen molar-refractivity contribution in [2.45, 2.75) is 0 Å². The minimum atomic E-state index is -0.707. The number of anilines is 1. The Bertz CT molecular complexity index is 1270. The van der Waals surface area contributed by atoms with Crippen molar-refractivity contribution in [2.24, 2.45) is 0 Å². The molecule has 0 aliphatic heterocycles. The molecule has 0 atom stereocenters. The van der Waals surface area contributed by atoms with E-state index in [4.69, 9.17) is 0 Å². The highest BCUT2D eigenvalue weighted by Crippen LogP contribution is 2.34. The van der Waals surface area contributed by atoms with Gasteiger partial charge < -0.3 is 5.32 Å². The van der Waals surface area contributed by atoms with Crippen LogP contribution in [0.3, 0.4) is 0 Å². The summed E-state index contributed by atoms with van der Waals surface area (Å²) < 4.78 is 29.1. The Kier molecular flexibility index (Phi) is 4.71. The summed E-state index contributed by atoms with van der Waals surface area (Å²) in [7, 11) is 0. The molecule has 0 saturated heterocycles. The number of rotatable bonds is 3. The highest BCUT2D eigenvalue weighted by molar-refractivity contribution is 7.22. The van der Waals surface area contributed by atoms with E-state index in [2.05, 4.69) is 5.32 Å². The van der Waals surface area contributed by atoms with Crippen molar-refractivity contribution in [2.75, 3.05) is 5.32 Å². The molecule has 138 valence electrons. The van der Waals surface area contributed by atoms with Crippen LogP contribution in [-0.2, 0) is 0 Å². The first-order chi connectivity index (χ1) is 13.6. The monoisotopic (exact) mass is 393 g/mol. The van der Waals surface area contributed by atoms with Crippen molar-refractivity contribution in [3.05, 3.63) is 100 Å². The largest absolute Gasteiger partial charge is 0.313 e. The van der Waals surface area contributed by atoms with E-state index < -0.39 is 23.0 Å². The summed E-state index contributed by atoms with van der Waals surface area (Å²) in [5.41, 5.74) is -0.428. The molecule has 0 saturated carbocycles. The van der Waals surface area contributed by atoms with Crippen LogP contribution >= 0.6 is 11.3 Å². The number of benzene rings is 3. The van der Waals surface area contributed by atoms with Crippen LogP contribution in [0.1, 0.15) is 10.4 Å². The smallest absolute Gasteiger partial charge is 0.259 e. The molecule has 0 spiro atoms. The molecule has 1 heterocycles. The lowest BCUT2D eigenvalue weighted by molar-refractivity contribution is 0.102. The Hall–Kier alpha value is -3.38. The fraction of sp³-hybridized carbons (Fsp3) is 0. The van der Waals surface area contributed by atoms with Crippen LogP contribution < -0.4 is 10.7 Å². The summed E-state index contributed by atoms with van der Waals surface area (Å²) in [5, 5.41) is 3.19. The topological polar surface area (TPSA) is 46.2 Å². The molecule has 0 aliphatic rings. The SMILES string of the molecule is O=C(Nc1sc2ccccc2c(=O)c1-c1ccccc1F)c1ccccc1F. The quantitative estimate of drug-likeness (QED) is 0.502. The van der Waals surface area contributed by atoms with Crippen molar-refractivity contribution in [1.29, 1.82) is 0 Å². The highest BCUT2D eigenvalue weighted by atomic mass is 32.1. The Balaban J connectivity index is 1.93. The minimum absolute atomic E-state index is 0.0477. The third-order valence-corrected chi connectivity index (χ3v) is 5.37. The molecule has 28 heavy (non-hydrogen) atoms. The summed E-state index contributed by atoms with van der Waals surface area (Å²) in [4.78, 5) is 25.7. The van der Waals surface area contributed by atoms with E-state index >= 15 is 0 Å². The van der Waals surface area contributed by atoms with Gasteiger partial charge >= 0.3 is 0 Å². The second kappa shape index (κ2) is 7.32. The fourth-order valence-corrected chi connectivity index (χ4v) is 4.04. The first-order valence-electron chi connectivity index (χ1n) is 8.43. The van der Waals surface area contributed by atoms with E-state index in [0.717, 1.165) is 11.3 Å². The van der Waals surface area contributed by atoms with Crippen LogP contribution in [0.25, 0.3) is 21.2 Å². The number of hydrogen-bond acceptors (Lipinski definition) is 3. The van der Waals surface area contributed by atoms with Crippen LogP contribution in [0.5, 0.6) is 0 Å². The predicted octanol–water partition coefficient (Wildman–Crippen LogP) is 5.46. The van der Waals surface area contributed by atoms with E-state index in [1.807, 2.05) is 0 Å².